The molecular formula is C13H18N2O. The molecule has 0 bridgehead atoms. The van der Waals surface area contributed by atoms with Gasteiger partial charge in [-0.15, -0.1) is 0 Å². The molecule has 0 fully saturated rings. The van der Waals surface area contributed by atoms with E-state index in [2.05, 4.69) is 24.1 Å². The van der Waals surface area contributed by atoms with Crippen LogP contribution in [0.5, 0.6) is 5.75 Å². The number of H-pyrrole nitrogens is 1. The number of hydrogen-bond donors (Lipinski definition) is 3. The molecule has 0 atom stereocenters. The molecule has 0 saturated heterocycles. The summed E-state index contributed by atoms with van der Waals surface area (Å²) in [6.45, 7) is 5.27. The van der Waals surface area contributed by atoms with E-state index in [1.165, 1.54) is 10.9 Å². The smallest absolute Gasteiger partial charge is 0.117 e. The van der Waals surface area contributed by atoms with Gasteiger partial charge in [0.1, 0.15) is 5.75 Å². The maximum atomic E-state index is 9.36. The summed E-state index contributed by atoms with van der Waals surface area (Å²) in [5.41, 5.74) is 2.29. The first-order valence-corrected chi connectivity index (χ1v) is 5.69. The molecule has 0 unspecified atom stereocenters. The molecule has 2 aromatic rings. The highest BCUT2D eigenvalue weighted by Gasteiger charge is 2.04. The van der Waals surface area contributed by atoms with Crippen LogP contribution < -0.4 is 5.32 Å². The molecule has 0 spiro atoms. The van der Waals surface area contributed by atoms with E-state index in [0.717, 1.165) is 18.5 Å². The van der Waals surface area contributed by atoms with Crippen molar-refractivity contribution in [1.82, 2.24) is 10.3 Å². The van der Waals surface area contributed by atoms with Crippen LogP contribution in [0.25, 0.3) is 10.9 Å². The van der Waals surface area contributed by atoms with Crippen molar-refractivity contribution < 1.29 is 5.11 Å². The Labute approximate surface area is 95.5 Å². The van der Waals surface area contributed by atoms with Crippen molar-refractivity contribution in [3.8, 4) is 5.75 Å². The molecule has 2 rings (SSSR count). The number of hydrogen-bond acceptors (Lipinski definition) is 2. The van der Waals surface area contributed by atoms with Crippen LogP contribution in [0, 0.1) is 0 Å². The molecule has 0 saturated carbocycles. The molecule has 0 aliphatic heterocycles. The van der Waals surface area contributed by atoms with E-state index in [-0.39, 0.29) is 0 Å². The van der Waals surface area contributed by atoms with Crippen LogP contribution >= 0.6 is 0 Å². The molecule has 1 aromatic heterocycles. The predicted molar refractivity (Wildman–Crippen MR) is 66.8 cm³/mol. The van der Waals surface area contributed by atoms with Crippen molar-refractivity contribution in [3.05, 3.63) is 30.0 Å². The lowest BCUT2D eigenvalue weighted by Crippen LogP contribution is -2.24. The van der Waals surface area contributed by atoms with Crippen LogP contribution in [0.1, 0.15) is 19.4 Å². The van der Waals surface area contributed by atoms with Crippen LogP contribution in [0.15, 0.2) is 24.4 Å². The molecular weight excluding hydrogens is 200 g/mol. The number of rotatable bonds is 4. The van der Waals surface area contributed by atoms with E-state index in [9.17, 15) is 5.11 Å². The highest BCUT2D eigenvalue weighted by atomic mass is 16.3. The van der Waals surface area contributed by atoms with Crippen molar-refractivity contribution in [3.63, 3.8) is 0 Å². The van der Waals surface area contributed by atoms with E-state index < -0.39 is 0 Å². The number of aromatic amines is 1. The lowest BCUT2D eigenvalue weighted by molar-refractivity contribution is 0.476. The molecule has 3 heteroatoms. The highest BCUT2D eigenvalue weighted by molar-refractivity contribution is 5.84. The average Bonchev–Trinajstić information content (AvgIpc) is 2.60. The van der Waals surface area contributed by atoms with Crippen molar-refractivity contribution in [2.45, 2.75) is 26.3 Å². The van der Waals surface area contributed by atoms with E-state index in [4.69, 9.17) is 0 Å². The molecule has 0 amide bonds. The molecule has 86 valence electrons. The summed E-state index contributed by atoms with van der Waals surface area (Å²) < 4.78 is 0. The molecule has 1 heterocycles. The summed E-state index contributed by atoms with van der Waals surface area (Å²) in [6, 6.07) is 5.98. The first-order valence-electron chi connectivity index (χ1n) is 5.69. The molecule has 16 heavy (non-hydrogen) atoms. The van der Waals surface area contributed by atoms with Crippen LogP contribution in [0.4, 0.5) is 0 Å². The summed E-state index contributed by atoms with van der Waals surface area (Å²) >= 11 is 0. The first kappa shape index (κ1) is 11.0. The number of fused-ring (bicyclic) bond motifs is 1. The zero-order valence-electron chi connectivity index (χ0n) is 9.75. The van der Waals surface area contributed by atoms with Crippen molar-refractivity contribution in [2.24, 2.45) is 0 Å². The molecule has 0 radical (unpaired) electrons. The second kappa shape index (κ2) is 4.58. The summed E-state index contributed by atoms with van der Waals surface area (Å²) in [7, 11) is 0. The van der Waals surface area contributed by atoms with Crippen LogP contribution in [-0.4, -0.2) is 22.7 Å². The van der Waals surface area contributed by atoms with Crippen molar-refractivity contribution in [2.75, 3.05) is 6.54 Å². The molecule has 3 N–H and O–H groups in total. The van der Waals surface area contributed by atoms with Gasteiger partial charge < -0.3 is 15.4 Å². The quantitative estimate of drug-likeness (QED) is 0.738. The summed E-state index contributed by atoms with van der Waals surface area (Å²) in [5.74, 6) is 0.307. The topological polar surface area (TPSA) is 48.0 Å². The van der Waals surface area contributed by atoms with Gasteiger partial charge in [-0.2, -0.15) is 0 Å². The van der Waals surface area contributed by atoms with Gasteiger partial charge >= 0.3 is 0 Å². The number of aromatic hydroxyl groups is 1. The fourth-order valence-electron chi connectivity index (χ4n) is 1.88. The molecule has 1 aromatic carbocycles. The standard InChI is InChI=1S/C13H18N2O/c1-9(2)14-6-5-10-8-15-13-7-11(16)3-4-12(10)13/h3-4,7-9,14-16H,5-6H2,1-2H3. The van der Waals surface area contributed by atoms with Gasteiger partial charge in [0.2, 0.25) is 0 Å². The van der Waals surface area contributed by atoms with Gasteiger partial charge in [-0.05, 0) is 30.7 Å². The fraction of sp³-hybridized carbons (Fsp3) is 0.385. The Bertz CT molecular complexity index is 474. The minimum Gasteiger partial charge on any atom is -0.508 e. The second-order valence-corrected chi connectivity index (χ2v) is 4.40. The fourth-order valence-corrected chi connectivity index (χ4v) is 1.88. The van der Waals surface area contributed by atoms with Gasteiger partial charge in [0.15, 0.2) is 0 Å². The van der Waals surface area contributed by atoms with Crippen molar-refractivity contribution >= 4 is 10.9 Å². The Morgan fingerprint density at radius 2 is 2.19 bits per heavy atom. The predicted octanol–water partition coefficient (Wildman–Crippen LogP) is 2.41. The van der Waals surface area contributed by atoms with Gasteiger partial charge in [0.25, 0.3) is 0 Å². The Hall–Kier alpha value is -1.48. The van der Waals surface area contributed by atoms with Gasteiger partial charge in [0, 0.05) is 29.2 Å². The number of aromatic nitrogens is 1. The normalized spacial score (nSPS) is 11.4. The SMILES string of the molecule is CC(C)NCCc1c[nH]c2cc(O)ccc12. The Balaban J connectivity index is 2.13. The minimum absolute atomic E-state index is 0.307. The Kier molecular flexibility index (Phi) is 3.15. The van der Waals surface area contributed by atoms with Gasteiger partial charge in [-0.3, -0.25) is 0 Å². The lowest BCUT2D eigenvalue weighted by Gasteiger charge is -2.06. The minimum atomic E-state index is 0.307. The molecule has 0 aliphatic rings. The third-order valence-electron chi connectivity index (χ3n) is 2.70. The monoisotopic (exact) mass is 218 g/mol. The Morgan fingerprint density at radius 1 is 1.38 bits per heavy atom. The van der Waals surface area contributed by atoms with E-state index in [1.807, 2.05) is 12.3 Å². The second-order valence-electron chi connectivity index (χ2n) is 4.40. The summed E-state index contributed by atoms with van der Waals surface area (Å²) in [4.78, 5) is 3.18. The number of phenols is 1. The van der Waals surface area contributed by atoms with Crippen LogP contribution in [-0.2, 0) is 6.42 Å². The van der Waals surface area contributed by atoms with Crippen LogP contribution in [0.3, 0.4) is 0 Å². The Morgan fingerprint density at radius 3 is 2.94 bits per heavy atom. The number of benzene rings is 1. The highest BCUT2D eigenvalue weighted by Crippen LogP contribution is 2.22. The van der Waals surface area contributed by atoms with E-state index in [1.54, 1.807) is 12.1 Å². The van der Waals surface area contributed by atoms with Crippen molar-refractivity contribution in [1.29, 1.82) is 0 Å². The maximum Gasteiger partial charge on any atom is 0.117 e. The third kappa shape index (κ3) is 2.36. The number of phenolic OH excluding ortho intramolecular Hbond substituents is 1. The van der Waals surface area contributed by atoms with E-state index >= 15 is 0 Å². The lowest BCUT2D eigenvalue weighted by atomic mass is 10.1. The summed E-state index contributed by atoms with van der Waals surface area (Å²) in [5, 5.41) is 14.0. The number of nitrogens with one attached hydrogen (secondary N) is 2. The molecule has 3 nitrogen and oxygen atoms in total. The third-order valence-corrected chi connectivity index (χ3v) is 2.70. The summed E-state index contributed by atoms with van der Waals surface area (Å²) in [6.07, 6.45) is 3.02. The zero-order chi connectivity index (χ0) is 11.5. The van der Waals surface area contributed by atoms with Gasteiger partial charge in [-0.25, -0.2) is 0 Å². The van der Waals surface area contributed by atoms with Gasteiger partial charge in [-0.1, -0.05) is 13.8 Å². The maximum absolute atomic E-state index is 9.36. The zero-order valence-corrected chi connectivity index (χ0v) is 9.75. The van der Waals surface area contributed by atoms with E-state index in [0.29, 0.717) is 11.8 Å². The first-order chi connectivity index (χ1) is 7.66. The average molecular weight is 218 g/mol. The largest absolute Gasteiger partial charge is 0.508 e. The van der Waals surface area contributed by atoms with Gasteiger partial charge in [0.05, 0.1) is 0 Å². The molecule has 0 aliphatic carbocycles. The van der Waals surface area contributed by atoms with Crippen LogP contribution in [0.2, 0.25) is 0 Å².